The first kappa shape index (κ1) is 29.4. The fraction of sp³-hybridized carbons (Fsp3) is 0.962. The third kappa shape index (κ3) is 19.4. The van der Waals surface area contributed by atoms with Crippen LogP contribution in [0.2, 0.25) is 0 Å². The van der Waals surface area contributed by atoms with Gasteiger partial charge < -0.3 is 15.2 Å². The van der Waals surface area contributed by atoms with Crippen LogP contribution in [-0.2, 0) is 9.53 Å². The Balaban J connectivity index is 4.24. The molecule has 0 aromatic heterocycles. The summed E-state index contributed by atoms with van der Waals surface area (Å²) in [4.78, 5) is 12.5. The van der Waals surface area contributed by atoms with Gasteiger partial charge in [-0.2, -0.15) is 0 Å². The molecule has 0 fully saturated rings. The lowest BCUT2D eigenvalue weighted by atomic mass is 9.98. The topological polar surface area (TPSA) is 58.6 Å². The molecule has 0 amide bonds. The number of nitrogens with one attached hydrogen (secondary N) is 1. The number of esters is 1. The molecule has 0 bridgehead atoms. The van der Waals surface area contributed by atoms with Gasteiger partial charge in [0.25, 0.3) is 0 Å². The Bertz CT molecular complexity index is 344. The summed E-state index contributed by atoms with van der Waals surface area (Å²) in [7, 11) is 1.97. The molecule has 180 valence electrons. The van der Waals surface area contributed by atoms with Crippen LogP contribution in [0.5, 0.6) is 0 Å². The number of aliphatic hydroxyl groups is 1. The molecule has 4 nitrogen and oxygen atoms in total. The third-order valence-corrected chi connectivity index (χ3v) is 6.20. The van der Waals surface area contributed by atoms with E-state index in [0.29, 0.717) is 18.9 Å². The van der Waals surface area contributed by atoms with Gasteiger partial charge in [0, 0.05) is 13.0 Å². The smallest absolute Gasteiger partial charge is 0.306 e. The van der Waals surface area contributed by atoms with E-state index >= 15 is 0 Å². The van der Waals surface area contributed by atoms with Crippen LogP contribution >= 0.6 is 0 Å². The molecule has 0 aliphatic carbocycles. The van der Waals surface area contributed by atoms with Crippen molar-refractivity contribution in [3.05, 3.63) is 0 Å². The van der Waals surface area contributed by atoms with Crippen molar-refractivity contribution in [1.29, 1.82) is 0 Å². The van der Waals surface area contributed by atoms with Crippen molar-refractivity contribution in [1.82, 2.24) is 5.32 Å². The summed E-state index contributed by atoms with van der Waals surface area (Å²) < 4.78 is 5.96. The van der Waals surface area contributed by atoms with Gasteiger partial charge in [0.05, 0.1) is 0 Å². The van der Waals surface area contributed by atoms with Crippen LogP contribution in [0.1, 0.15) is 129 Å². The normalized spacial score (nSPS) is 13.3. The molecule has 0 saturated heterocycles. The first-order chi connectivity index (χ1) is 14.7. The lowest BCUT2D eigenvalue weighted by molar-refractivity contribution is -0.151. The zero-order valence-electron chi connectivity index (χ0n) is 20.6. The fourth-order valence-corrected chi connectivity index (χ4v) is 4.05. The Hall–Kier alpha value is -0.610. The van der Waals surface area contributed by atoms with E-state index in [1.54, 1.807) is 0 Å². The van der Waals surface area contributed by atoms with E-state index < -0.39 is 0 Å². The molecular formula is C26H53NO3. The predicted molar refractivity (Wildman–Crippen MR) is 129 cm³/mol. The average molecular weight is 428 g/mol. The maximum Gasteiger partial charge on any atom is 0.306 e. The van der Waals surface area contributed by atoms with Crippen LogP contribution in [0.3, 0.4) is 0 Å². The second kappa shape index (κ2) is 23.1. The highest BCUT2D eigenvalue weighted by Gasteiger charge is 2.18. The maximum absolute atomic E-state index is 12.5. The van der Waals surface area contributed by atoms with Crippen LogP contribution < -0.4 is 5.32 Å². The fourth-order valence-electron chi connectivity index (χ4n) is 4.05. The van der Waals surface area contributed by atoms with E-state index in [0.717, 1.165) is 51.5 Å². The molecular weight excluding hydrogens is 374 g/mol. The van der Waals surface area contributed by atoms with Crippen molar-refractivity contribution in [3.8, 4) is 0 Å². The molecule has 0 spiro atoms. The Morgan fingerprint density at radius 3 is 1.83 bits per heavy atom. The Morgan fingerprint density at radius 2 is 1.33 bits per heavy atom. The summed E-state index contributed by atoms with van der Waals surface area (Å²) in [6, 6.07) is 0. The maximum atomic E-state index is 12.5. The summed E-state index contributed by atoms with van der Waals surface area (Å²) in [6.45, 7) is 5.70. The summed E-state index contributed by atoms with van der Waals surface area (Å²) in [5.74, 6) is 0.435. The highest BCUT2D eigenvalue weighted by Crippen LogP contribution is 2.20. The van der Waals surface area contributed by atoms with Crippen LogP contribution in [0.4, 0.5) is 0 Å². The quantitative estimate of drug-likeness (QED) is 0.139. The highest BCUT2D eigenvalue weighted by molar-refractivity contribution is 5.69. The van der Waals surface area contributed by atoms with Crippen molar-refractivity contribution in [3.63, 3.8) is 0 Å². The zero-order chi connectivity index (χ0) is 22.3. The van der Waals surface area contributed by atoms with Crippen molar-refractivity contribution < 1.29 is 14.6 Å². The zero-order valence-corrected chi connectivity index (χ0v) is 20.6. The molecule has 2 unspecified atom stereocenters. The number of unbranched alkanes of at least 4 members (excludes halogenated alkanes) is 11. The Morgan fingerprint density at radius 1 is 0.800 bits per heavy atom. The standard InChI is InChI=1S/C26H53NO3/c1-4-6-7-8-9-12-15-18-25(19-16-13-10-11-14-17-22-28)30-26(29)23-24(5-2)20-21-27-3/h24-25,27-28H,4-23H2,1-3H3. The first-order valence-corrected chi connectivity index (χ1v) is 13.1. The van der Waals surface area contributed by atoms with E-state index in [9.17, 15) is 4.79 Å². The van der Waals surface area contributed by atoms with Crippen LogP contribution in [0.15, 0.2) is 0 Å². The summed E-state index contributed by atoms with van der Waals surface area (Å²) in [5.41, 5.74) is 0. The second-order valence-corrected chi connectivity index (χ2v) is 9.03. The lowest BCUT2D eigenvalue weighted by Gasteiger charge is -2.20. The number of ether oxygens (including phenoxy) is 1. The van der Waals surface area contributed by atoms with Crippen molar-refractivity contribution in [2.24, 2.45) is 5.92 Å². The molecule has 0 aromatic carbocycles. The van der Waals surface area contributed by atoms with E-state index in [1.807, 2.05) is 7.05 Å². The van der Waals surface area contributed by atoms with E-state index in [-0.39, 0.29) is 12.1 Å². The molecule has 0 radical (unpaired) electrons. The molecule has 2 atom stereocenters. The van der Waals surface area contributed by atoms with Crippen molar-refractivity contribution in [2.45, 2.75) is 136 Å². The van der Waals surface area contributed by atoms with E-state index in [1.165, 1.54) is 64.2 Å². The third-order valence-electron chi connectivity index (χ3n) is 6.20. The van der Waals surface area contributed by atoms with Crippen LogP contribution in [0.25, 0.3) is 0 Å². The van der Waals surface area contributed by atoms with Gasteiger partial charge >= 0.3 is 5.97 Å². The minimum absolute atomic E-state index is 0.00819. The van der Waals surface area contributed by atoms with Crippen molar-refractivity contribution in [2.75, 3.05) is 20.2 Å². The number of aliphatic hydroxyl groups excluding tert-OH is 1. The molecule has 0 aliphatic rings. The molecule has 30 heavy (non-hydrogen) atoms. The largest absolute Gasteiger partial charge is 0.462 e. The Labute approximate surface area is 187 Å². The van der Waals surface area contributed by atoms with E-state index in [4.69, 9.17) is 9.84 Å². The van der Waals surface area contributed by atoms with Gasteiger partial charge in [0.1, 0.15) is 6.10 Å². The van der Waals surface area contributed by atoms with Gasteiger partial charge in [0.2, 0.25) is 0 Å². The van der Waals surface area contributed by atoms with Crippen molar-refractivity contribution >= 4 is 5.97 Å². The van der Waals surface area contributed by atoms with Gasteiger partial charge in [-0.25, -0.2) is 0 Å². The molecule has 0 rings (SSSR count). The van der Waals surface area contributed by atoms with Gasteiger partial charge in [-0.15, -0.1) is 0 Å². The molecule has 0 aromatic rings. The van der Waals surface area contributed by atoms with Gasteiger partial charge in [-0.1, -0.05) is 84.5 Å². The monoisotopic (exact) mass is 427 g/mol. The van der Waals surface area contributed by atoms with Crippen LogP contribution in [-0.4, -0.2) is 37.4 Å². The number of carbonyl (C=O) groups is 1. The minimum atomic E-state index is 0.00819. The van der Waals surface area contributed by atoms with E-state index in [2.05, 4.69) is 19.2 Å². The van der Waals surface area contributed by atoms with Gasteiger partial charge in [-0.05, 0) is 58.0 Å². The van der Waals surface area contributed by atoms with Gasteiger partial charge in [0.15, 0.2) is 0 Å². The Kier molecular flexibility index (Phi) is 22.6. The molecule has 0 aliphatic heterocycles. The summed E-state index contributed by atoms with van der Waals surface area (Å²) in [6.07, 6.45) is 20.7. The molecule has 0 heterocycles. The molecule has 4 heteroatoms. The molecule has 2 N–H and O–H groups in total. The average Bonchev–Trinajstić information content (AvgIpc) is 2.75. The summed E-state index contributed by atoms with van der Waals surface area (Å²) in [5, 5.41) is 12.1. The number of rotatable bonds is 23. The van der Waals surface area contributed by atoms with Crippen LogP contribution in [0, 0.1) is 5.92 Å². The SMILES string of the molecule is CCCCCCCCCC(CCCCCCCCO)OC(=O)CC(CC)CCNC. The highest BCUT2D eigenvalue weighted by atomic mass is 16.5. The number of hydrogen-bond donors (Lipinski definition) is 2. The number of carbonyl (C=O) groups excluding carboxylic acids is 1. The number of hydrogen-bond acceptors (Lipinski definition) is 4. The van der Waals surface area contributed by atoms with Gasteiger partial charge in [-0.3, -0.25) is 4.79 Å². The minimum Gasteiger partial charge on any atom is -0.462 e. The molecule has 0 saturated carbocycles. The first-order valence-electron chi connectivity index (χ1n) is 13.1. The summed E-state index contributed by atoms with van der Waals surface area (Å²) >= 11 is 0. The predicted octanol–water partition coefficient (Wildman–Crippen LogP) is 6.79. The second-order valence-electron chi connectivity index (χ2n) is 9.03. The lowest BCUT2D eigenvalue weighted by Crippen LogP contribution is -2.22.